The molecule has 0 atom stereocenters. The van der Waals surface area contributed by atoms with Gasteiger partial charge in [-0.3, -0.25) is 0 Å². The number of aryl methyl sites for hydroxylation is 1. The highest BCUT2D eigenvalue weighted by atomic mass is 35.5. The lowest BCUT2D eigenvalue weighted by Gasteiger charge is -2.20. The summed E-state index contributed by atoms with van der Waals surface area (Å²) in [7, 11) is 1.96. The van der Waals surface area contributed by atoms with E-state index >= 15 is 0 Å². The predicted molar refractivity (Wildman–Crippen MR) is 86.3 cm³/mol. The maximum Gasteiger partial charge on any atom is 0.129 e. The summed E-state index contributed by atoms with van der Waals surface area (Å²) in [6, 6.07) is 10.7. The first-order chi connectivity index (χ1) is 10.1. The number of alkyl halides is 1. The fourth-order valence-electron chi connectivity index (χ4n) is 2.28. The van der Waals surface area contributed by atoms with Gasteiger partial charge in [0, 0.05) is 25.2 Å². The summed E-state index contributed by atoms with van der Waals surface area (Å²) in [5.41, 5.74) is 3.04. The van der Waals surface area contributed by atoms with Gasteiger partial charge in [0.25, 0.3) is 0 Å². The minimum atomic E-state index is -0.213. The molecule has 0 bridgehead atoms. The van der Waals surface area contributed by atoms with Gasteiger partial charge in [0.2, 0.25) is 0 Å². The van der Waals surface area contributed by atoms with E-state index in [9.17, 15) is 4.39 Å². The zero-order valence-electron chi connectivity index (χ0n) is 12.4. The van der Waals surface area contributed by atoms with Crippen LogP contribution in [0.1, 0.15) is 30.2 Å². The van der Waals surface area contributed by atoms with Crippen LogP contribution in [0.3, 0.4) is 0 Å². The van der Waals surface area contributed by atoms with Crippen molar-refractivity contribution in [2.24, 2.45) is 0 Å². The molecule has 1 heterocycles. The number of benzene rings is 1. The largest absolute Gasteiger partial charge is 0.355 e. The highest BCUT2D eigenvalue weighted by Crippen LogP contribution is 2.19. The third kappa shape index (κ3) is 4.43. The Kier molecular flexibility index (Phi) is 5.57. The smallest absolute Gasteiger partial charge is 0.129 e. The van der Waals surface area contributed by atoms with Gasteiger partial charge in [0.1, 0.15) is 11.6 Å². The van der Waals surface area contributed by atoms with E-state index in [2.05, 4.69) is 18.0 Å². The molecule has 2 rings (SSSR count). The van der Waals surface area contributed by atoms with Crippen molar-refractivity contribution in [1.82, 2.24) is 4.98 Å². The molecule has 0 aliphatic heterocycles. The summed E-state index contributed by atoms with van der Waals surface area (Å²) in [6.45, 7) is 2.74. The molecule has 2 aromatic rings. The molecule has 0 spiro atoms. The van der Waals surface area contributed by atoms with E-state index in [1.165, 1.54) is 6.07 Å². The van der Waals surface area contributed by atoms with Crippen LogP contribution in [0.4, 0.5) is 10.2 Å². The summed E-state index contributed by atoms with van der Waals surface area (Å²) < 4.78 is 13.3. The van der Waals surface area contributed by atoms with Crippen LogP contribution in [0, 0.1) is 5.82 Å². The Morgan fingerprint density at radius 3 is 2.67 bits per heavy atom. The Bertz CT molecular complexity index is 601. The zero-order valence-corrected chi connectivity index (χ0v) is 13.2. The van der Waals surface area contributed by atoms with E-state index in [-0.39, 0.29) is 5.82 Å². The van der Waals surface area contributed by atoms with E-state index in [1.54, 1.807) is 12.1 Å². The fourth-order valence-corrected chi connectivity index (χ4v) is 2.43. The van der Waals surface area contributed by atoms with Crippen molar-refractivity contribution < 1.29 is 4.39 Å². The minimum Gasteiger partial charge on any atom is -0.355 e. The Morgan fingerprint density at radius 2 is 2.00 bits per heavy atom. The third-order valence-electron chi connectivity index (χ3n) is 3.28. The van der Waals surface area contributed by atoms with Gasteiger partial charge < -0.3 is 4.90 Å². The first kappa shape index (κ1) is 15.8. The van der Waals surface area contributed by atoms with Crippen LogP contribution < -0.4 is 4.90 Å². The highest BCUT2D eigenvalue weighted by molar-refractivity contribution is 6.17. The van der Waals surface area contributed by atoms with Gasteiger partial charge in [0.05, 0.1) is 0 Å². The van der Waals surface area contributed by atoms with E-state index in [4.69, 9.17) is 11.6 Å². The van der Waals surface area contributed by atoms with Crippen molar-refractivity contribution in [3.63, 3.8) is 0 Å². The first-order valence-electron chi connectivity index (χ1n) is 7.13. The molecule has 0 N–H and O–H groups in total. The Hall–Kier alpha value is -1.61. The maximum atomic E-state index is 13.3. The lowest BCUT2D eigenvalue weighted by molar-refractivity contribution is 0.625. The molecule has 0 amide bonds. The molecule has 4 heteroatoms. The van der Waals surface area contributed by atoms with Gasteiger partial charge in [0.15, 0.2) is 0 Å². The van der Waals surface area contributed by atoms with Gasteiger partial charge in [-0.05, 0) is 41.8 Å². The fraction of sp³-hybridized carbons (Fsp3) is 0.353. The van der Waals surface area contributed by atoms with Crippen LogP contribution in [0.15, 0.2) is 36.4 Å². The van der Waals surface area contributed by atoms with Gasteiger partial charge >= 0.3 is 0 Å². The standard InChI is InChI=1S/C17H20ClFN2/c1-3-5-16-9-14(11-18)10-17(20-16)21(2)12-13-6-4-7-15(19)8-13/h4,6-10H,3,5,11-12H2,1-2H3. The number of anilines is 1. The van der Waals surface area contributed by atoms with E-state index in [0.29, 0.717) is 12.4 Å². The molecule has 0 aliphatic carbocycles. The molecular weight excluding hydrogens is 287 g/mol. The van der Waals surface area contributed by atoms with Crippen LogP contribution in [0.5, 0.6) is 0 Å². The number of aromatic nitrogens is 1. The molecule has 0 saturated heterocycles. The summed E-state index contributed by atoms with van der Waals surface area (Å²) in [4.78, 5) is 6.68. The van der Waals surface area contributed by atoms with Crippen molar-refractivity contribution in [2.75, 3.05) is 11.9 Å². The molecule has 21 heavy (non-hydrogen) atoms. The second-order valence-electron chi connectivity index (χ2n) is 5.19. The minimum absolute atomic E-state index is 0.213. The zero-order chi connectivity index (χ0) is 15.2. The first-order valence-corrected chi connectivity index (χ1v) is 7.67. The number of pyridine rings is 1. The van der Waals surface area contributed by atoms with E-state index in [1.807, 2.05) is 24.1 Å². The quantitative estimate of drug-likeness (QED) is 0.728. The monoisotopic (exact) mass is 306 g/mol. The van der Waals surface area contributed by atoms with Crippen LogP contribution in [-0.2, 0) is 18.8 Å². The number of hydrogen-bond donors (Lipinski definition) is 0. The second-order valence-corrected chi connectivity index (χ2v) is 5.46. The van der Waals surface area contributed by atoms with Gasteiger partial charge in [-0.1, -0.05) is 25.5 Å². The Morgan fingerprint density at radius 1 is 1.19 bits per heavy atom. The number of hydrogen-bond acceptors (Lipinski definition) is 2. The molecular formula is C17H20ClFN2. The van der Waals surface area contributed by atoms with Crippen molar-refractivity contribution in [1.29, 1.82) is 0 Å². The van der Waals surface area contributed by atoms with Crippen LogP contribution in [0.25, 0.3) is 0 Å². The van der Waals surface area contributed by atoms with E-state index < -0.39 is 0 Å². The summed E-state index contributed by atoms with van der Waals surface area (Å²) in [5.74, 6) is 1.14. The molecule has 0 fully saturated rings. The molecule has 112 valence electrons. The van der Waals surface area contributed by atoms with Crippen molar-refractivity contribution in [2.45, 2.75) is 32.2 Å². The molecule has 0 unspecified atom stereocenters. The predicted octanol–water partition coefficient (Wildman–Crippen LogP) is 4.55. The van der Waals surface area contributed by atoms with E-state index in [0.717, 1.165) is 35.5 Å². The van der Waals surface area contributed by atoms with Crippen molar-refractivity contribution in [3.8, 4) is 0 Å². The average molecular weight is 307 g/mol. The Balaban J connectivity index is 2.21. The number of rotatable bonds is 6. The normalized spacial score (nSPS) is 10.7. The lowest BCUT2D eigenvalue weighted by atomic mass is 10.1. The van der Waals surface area contributed by atoms with Crippen LogP contribution >= 0.6 is 11.6 Å². The Labute approximate surface area is 130 Å². The highest BCUT2D eigenvalue weighted by Gasteiger charge is 2.08. The third-order valence-corrected chi connectivity index (χ3v) is 3.59. The topological polar surface area (TPSA) is 16.1 Å². The molecule has 1 aromatic heterocycles. The molecule has 0 radical (unpaired) electrons. The molecule has 0 aliphatic rings. The summed E-state index contributed by atoms with van der Waals surface area (Å²) >= 11 is 5.96. The molecule has 2 nitrogen and oxygen atoms in total. The molecule has 0 saturated carbocycles. The van der Waals surface area contributed by atoms with Crippen molar-refractivity contribution >= 4 is 17.4 Å². The van der Waals surface area contributed by atoms with Crippen LogP contribution in [0.2, 0.25) is 0 Å². The summed E-state index contributed by atoms with van der Waals surface area (Å²) in [5, 5.41) is 0. The average Bonchev–Trinajstić information content (AvgIpc) is 2.47. The summed E-state index contributed by atoms with van der Waals surface area (Å²) in [6.07, 6.45) is 1.98. The molecule has 1 aromatic carbocycles. The number of halogens is 2. The van der Waals surface area contributed by atoms with Gasteiger partial charge in [-0.15, -0.1) is 11.6 Å². The SMILES string of the molecule is CCCc1cc(CCl)cc(N(C)Cc2cccc(F)c2)n1. The maximum absolute atomic E-state index is 13.3. The van der Waals surface area contributed by atoms with Crippen molar-refractivity contribution in [3.05, 3.63) is 59.0 Å². The van der Waals surface area contributed by atoms with Gasteiger partial charge in [-0.2, -0.15) is 0 Å². The van der Waals surface area contributed by atoms with Gasteiger partial charge in [-0.25, -0.2) is 9.37 Å². The number of nitrogens with zero attached hydrogens (tertiary/aromatic N) is 2. The second kappa shape index (κ2) is 7.41. The van der Waals surface area contributed by atoms with Crippen LogP contribution in [-0.4, -0.2) is 12.0 Å². The lowest BCUT2D eigenvalue weighted by Crippen LogP contribution is -2.18.